The number of Topliss-reactive ketones (excluding diaryl/α,β-unsaturated/α-hetero) is 1. The zero-order chi connectivity index (χ0) is 11.7. The molecule has 17 heavy (non-hydrogen) atoms. The number of hydrogen-bond donors (Lipinski definition) is 2. The quantitative estimate of drug-likeness (QED) is 0.758. The maximum absolute atomic E-state index is 12.3. The Morgan fingerprint density at radius 1 is 1.06 bits per heavy atom. The van der Waals surface area contributed by atoms with Gasteiger partial charge in [0.2, 0.25) is 0 Å². The lowest BCUT2D eigenvalue weighted by Gasteiger charge is -2.30. The molecule has 0 aromatic heterocycles. The second-order valence-corrected chi connectivity index (χ2v) is 5.04. The molecule has 3 heteroatoms. The molecule has 1 aliphatic heterocycles. The zero-order valence-electron chi connectivity index (χ0n) is 9.86. The van der Waals surface area contributed by atoms with Crippen molar-refractivity contribution in [1.29, 1.82) is 0 Å². The fourth-order valence-corrected chi connectivity index (χ4v) is 3.04. The summed E-state index contributed by atoms with van der Waals surface area (Å²) in [7, 11) is 0. The first-order valence-electron chi connectivity index (χ1n) is 6.40. The van der Waals surface area contributed by atoms with Crippen molar-refractivity contribution in [3.8, 4) is 0 Å². The van der Waals surface area contributed by atoms with Gasteiger partial charge in [0.1, 0.15) is 0 Å². The molecule has 0 radical (unpaired) electrons. The molecule has 3 atom stereocenters. The van der Waals surface area contributed by atoms with Gasteiger partial charge in [-0.3, -0.25) is 4.79 Å². The highest BCUT2D eigenvalue weighted by Crippen LogP contribution is 2.29. The molecule has 0 amide bonds. The second kappa shape index (κ2) is 4.59. The van der Waals surface area contributed by atoms with Crippen LogP contribution >= 0.6 is 0 Å². The van der Waals surface area contributed by atoms with E-state index in [0.29, 0.717) is 17.9 Å². The number of carbonyl (C=O) groups is 1. The number of hydrogen-bond acceptors (Lipinski definition) is 3. The van der Waals surface area contributed by atoms with Crippen molar-refractivity contribution in [2.45, 2.75) is 31.3 Å². The minimum atomic E-state index is 0.200. The predicted octanol–water partition coefficient (Wildman–Crippen LogP) is 1.56. The van der Waals surface area contributed by atoms with E-state index in [2.05, 4.69) is 10.6 Å². The number of carbonyl (C=O) groups excluding carboxylic acids is 1. The molecule has 3 nitrogen and oxygen atoms in total. The summed E-state index contributed by atoms with van der Waals surface area (Å²) in [5, 5.41) is 6.87. The van der Waals surface area contributed by atoms with Crippen molar-refractivity contribution in [1.82, 2.24) is 10.6 Å². The largest absolute Gasteiger partial charge is 0.300 e. The van der Waals surface area contributed by atoms with Crippen LogP contribution in [0.15, 0.2) is 30.3 Å². The molecule has 2 N–H and O–H groups in total. The highest BCUT2D eigenvalue weighted by molar-refractivity contribution is 5.97. The van der Waals surface area contributed by atoms with Crippen LogP contribution in [0.5, 0.6) is 0 Å². The Hall–Kier alpha value is -1.19. The van der Waals surface area contributed by atoms with E-state index < -0.39 is 0 Å². The van der Waals surface area contributed by atoms with Crippen LogP contribution in [-0.2, 0) is 0 Å². The standard InChI is InChI=1S/C14H18N2O/c17-14(10-4-2-1-3-5-10)11-6-7-12-13(8-11)16-9-15-12/h1-5,11-13,15-16H,6-9H2. The van der Waals surface area contributed by atoms with Crippen LogP contribution in [-0.4, -0.2) is 24.5 Å². The zero-order valence-corrected chi connectivity index (χ0v) is 9.86. The average molecular weight is 230 g/mol. The van der Waals surface area contributed by atoms with E-state index in [0.717, 1.165) is 31.5 Å². The van der Waals surface area contributed by atoms with Crippen LogP contribution in [0.4, 0.5) is 0 Å². The molecule has 3 unspecified atom stereocenters. The van der Waals surface area contributed by atoms with Crippen molar-refractivity contribution in [2.75, 3.05) is 6.67 Å². The van der Waals surface area contributed by atoms with Gasteiger partial charge in [0.15, 0.2) is 5.78 Å². The van der Waals surface area contributed by atoms with Gasteiger partial charge in [-0.25, -0.2) is 0 Å². The highest BCUT2D eigenvalue weighted by Gasteiger charge is 2.36. The van der Waals surface area contributed by atoms with Gasteiger partial charge >= 0.3 is 0 Å². The van der Waals surface area contributed by atoms with Crippen molar-refractivity contribution in [3.63, 3.8) is 0 Å². The molecule has 1 aromatic rings. The van der Waals surface area contributed by atoms with Gasteiger partial charge < -0.3 is 10.6 Å². The number of fused-ring (bicyclic) bond motifs is 1. The van der Waals surface area contributed by atoms with Gasteiger partial charge in [-0.1, -0.05) is 30.3 Å². The molecule has 0 spiro atoms. The SMILES string of the molecule is O=C(c1ccccc1)C1CCC2NCNC2C1. The highest BCUT2D eigenvalue weighted by atomic mass is 16.1. The lowest BCUT2D eigenvalue weighted by atomic mass is 9.79. The average Bonchev–Trinajstić information content (AvgIpc) is 2.86. The maximum atomic E-state index is 12.3. The summed E-state index contributed by atoms with van der Waals surface area (Å²) in [5.41, 5.74) is 0.863. The minimum absolute atomic E-state index is 0.200. The first kappa shape index (κ1) is 10.9. The monoisotopic (exact) mass is 230 g/mol. The van der Waals surface area contributed by atoms with E-state index in [-0.39, 0.29) is 5.92 Å². The Balaban J connectivity index is 1.71. The van der Waals surface area contributed by atoms with Gasteiger partial charge in [-0.15, -0.1) is 0 Å². The second-order valence-electron chi connectivity index (χ2n) is 5.04. The Morgan fingerprint density at radius 3 is 2.65 bits per heavy atom. The molecule has 2 aliphatic rings. The van der Waals surface area contributed by atoms with Crippen LogP contribution in [0.1, 0.15) is 29.6 Å². The molecule has 1 aliphatic carbocycles. The van der Waals surface area contributed by atoms with Crippen LogP contribution in [0, 0.1) is 5.92 Å². The van der Waals surface area contributed by atoms with Gasteiger partial charge in [0, 0.05) is 30.2 Å². The topological polar surface area (TPSA) is 41.1 Å². The van der Waals surface area contributed by atoms with Gasteiger partial charge in [0.05, 0.1) is 0 Å². The van der Waals surface area contributed by atoms with Crippen molar-refractivity contribution in [2.24, 2.45) is 5.92 Å². The number of nitrogens with one attached hydrogen (secondary N) is 2. The summed E-state index contributed by atoms with van der Waals surface area (Å²) in [6.45, 7) is 0.890. The van der Waals surface area contributed by atoms with E-state index in [4.69, 9.17) is 0 Å². The summed E-state index contributed by atoms with van der Waals surface area (Å²) in [5.74, 6) is 0.517. The van der Waals surface area contributed by atoms with E-state index in [1.54, 1.807) is 0 Å². The van der Waals surface area contributed by atoms with E-state index in [9.17, 15) is 4.79 Å². The third-order valence-corrected chi connectivity index (χ3v) is 4.01. The molecular formula is C14H18N2O. The number of benzene rings is 1. The third-order valence-electron chi connectivity index (χ3n) is 4.01. The van der Waals surface area contributed by atoms with Gasteiger partial charge in [-0.2, -0.15) is 0 Å². The Morgan fingerprint density at radius 2 is 1.82 bits per heavy atom. The van der Waals surface area contributed by atoms with E-state index in [1.807, 2.05) is 30.3 Å². The summed E-state index contributed by atoms with van der Waals surface area (Å²) in [6.07, 6.45) is 3.11. The smallest absolute Gasteiger partial charge is 0.166 e. The number of ketones is 1. The summed E-state index contributed by atoms with van der Waals surface area (Å²) < 4.78 is 0. The van der Waals surface area contributed by atoms with E-state index >= 15 is 0 Å². The Kier molecular flexibility index (Phi) is 2.95. The molecule has 90 valence electrons. The molecule has 0 bridgehead atoms. The normalized spacial score (nSPS) is 32.1. The van der Waals surface area contributed by atoms with Crippen molar-refractivity contribution < 1.29 is 4.79 Å². The molecule has 3 rings (SSSR count). The third kappa shape index (κ3) is 2.13. The van der Waals surface area contributed by atoms with Crippen molar-refractivity contribution >= 4 is 5.78 Å². The molecule has 1 aromatic carbocycles. The van der Waals surface area contributed by atoms with Crippen LogP contribution in [0.2, 0.25) is 0 Å². The van der Waals surface area contributed by atoms with Crippen LogP contribution in [0.3, 0.4) is 0 Å². The lowest BCUT2D eigenvalue weighted by molar-refractivity contribution is 0.0873. The molecule has 2 fully saturated rings. The molecule has 1 saturated carbocycles. The fourth-order valence-electron chi connectivity index (χ4n) is 3.04. The first-order valence-corrected chi connectivity index (χ1v) is 6.40. The predicted molar refractivity (Wildman–Crippen MR) is 66.8 cm³/mol. The fraction of sp³-hybridized carbons (Fsp3) is 0.500. The maximum Gasteiger partial charge on any atom is 0.166 e. The summed E-state index contributed by atoms with van der Waals surface area (Å²) in [4.78, 5) is 12.3. The minimum Gasteiger partial charge on any atom is -0.300 e. The van der Waals surface area contributed by atoms with E-state index in [1.165, 1.54) is 0 Å². The molecular weight excluding hydrogens is 212 g/mol. The number of rotatable bonds is 2. The van der Waals surface area contributed by atoms with Crippen LogP contribution < -0.4 is 10.6 Å². The van der Waals surface area contributed by atoms with Gasteiger partial charge in [0.25, 0.3) is 0 Å². The summed E-state index contributed by atoms with van der Waals surface area (Å²) in [6, 6.07) is 10.7. The Bertz CT molecular complexity index is 404. The molecule has 1 heterocycles. The van der Waals surface area contributed by atoms with Crippen LogP contribution in [0.25, 0.3) is 0 Å². The Labute approximate surface area is 102 Å². The van der Waals surface area contributed by atoms with Crippen molar-refractivity contribution in [3.05, 3.63) is 35.9 Å². The first-order chi connectivity index (χ1) is 8.34. The lowest BCUT2D eigenvalue weighted by Crippen LogP contribution is -2.41. The summed E-state index contributed by atoms with van der Waals surface area (Å²) >= 11 is 0. The van der Waals surface area contributed by atoms with Gasteiger partial charge in [-0.05, 0) is 19.3 Å². The molecule has 1 saturated heterocycles.